The van der Waals surface area contributed by atoms with E-state index in [4.69, 9.17) is 9.47 Å². The van der Waals surface area contributed by atoms with E-state index in [1.165, 1.54) is 26.4 Å². The SMILES string of the molecule is C=C/C=C(\C=C)C(=O)OC.CC.CC.COC(=O)c1ccccc1OCc1nc2ccccc2n1C. The number of para-hydroxylation sites is 3. The van der Waals surface area contributed by atoms with E-state index in [2.05, 4.69) is 22.9 Å². The summed E-state index contributed by atoms with van der Waals surface area (Å²) in [6.45, 7) is 15.1. The number of aryl methyl sites for hydroxylation is 1. The maximum Gasteiger partial charge on any atom is 0.341 e. The molecule has 0 aliphatic rings. The highest BCUT2D eigenvalue weighted by atomic mass is 16.5. The van der Waals surface area contributed by atoms with E-state index in [-0.39, 0.29) is 6.61 Å². The van der Waals surface area contributed by atoms with Crippen molar-refractivity contribution in [1.29, 1.82) is 0 Å². The third-order valence-electron chi connectivity index (χ3n) is 4.47. The molecule has 7 heteroatoms. The van der Waals surface area contributed by atoms with E-state index in [9.17, 15) is 9.59 Å². The van der Waals surface area contributed by atoms with Crippen LogP contribution in [0.2, 0.25) is 0 Å². The minimum atomic E-state index is -0.416. The van der Waals surface area contributed by atoms with Crippen molar-refractivity contribution in [2.75, 3.05) is 14.2 Å². The molecule has 36 heavy (non-hydrogen) atoms. The molecular weight excluding hydrogens is 456 g/mol. The van der Waals surface area contributed by atoms with Gasteiger partial charge in [0, 0.05) is 7.05 Å². The normalized spacial score (nSPS) is 9.69. The van der Waals surface area contributed by atoms with Gasteiger partial charge in [0.05, 0.1) is 30.8 Å². The number of ether oxygens (including phenoxy) is 3. The molecule has 0 saturated heterocycles. The number of hydrogen-bond acceptors (Lipinski definition) is 6. The first-order valence-corrected chi connectivity index (χ1v) is 11.7. The molecule has 0 aliphatic heterocycles. The number of methoxy groups -OCH3 is 2. The summed E-state index contributed by atoms with van der Waals surface area (Å²) in [4.78, 5) is 27.0. The molecule has 2 aromatic carbocycles. The number of carbonyl (C=O) groups is 2. The summed E-state index contributed by atoms with van der Waals surface area (Å²) in [5.74, 6) is 0.470. The highest BCUT2D eigenvalue weighted by Gasteiger charge is 2.14. The number of imidazole rings is 1. The van der Waals surface area contributed by atoms with Gasteiger partial charge < -0.3 is 18.8 Å². The van der Waals surface area contributed by atoms with Gasteiger partial charge in [-0.2, -0.15) is 0 Å². The zero-order chi connectivity index (χ0) is 27.5. The zero-order valence-electron chi connectivity index (χ0n) is 22.4. The number of hydrogen-bond donors (Lipinski definition) is 0. The van der Waals surface area contributed by atoms with Gasteiger partial charge in [-0.25, -0.2) is 14.6 Å². The zero-order valence-corrected chi connectivity index (χ0v) is 22.4. The van der Waals surface area contributed by atoms with E-state index < -0.39 is 11.9 Å². The van der Waals surface area contributed by atoms with E-state index in [0.717, 1.165) is 16.9 Å². The third-order valence-corrected chi connectivity index (χ3v) is 4.47. The molecule has 3 aromatic rings. The van der Waals surface area contributed by atoms with Crippen LogP contribution in [0.5, 0.6) is 5.75 Å². The maximum absolute atomic E-state index is 11.7. The van der Waals surface area contributed by atoms with Crippen molar-refractivity contribution in [3.63, 3.8) is 0 Å². The van der Waals surface area contributed by atoms with Crippen molar-refractivity contribution in [3.8, 4) is 5.75 Å². The fourth-order valence-corrected chi connectivity index (χ4v) is 2.80. The standard InChI is InChI=1S/C17H16N2O3.C8H10O2.2C2H6/c1-19-14-9-5-4-8-13(14)18-16(19)11-22-15-10-6-3-7-12(15)17(20)21-2;1-4-6-7(5-2)8(9)10-3;2*1-2/h3-10H,11H2,1-2H3;4-6H,1-2H2,3H3;2*1-2H3/b;7-6+;;. The van der Waals surface area contributed by atoms with Crippen molar-refractivity contribution in [2.24, 2.45) is 7.05 Å². The van der Waals surface area contributed by atoms with Crippen LogP contribution in [0.25, 0.3) is 11.0 Å². The Kier molecular flexibility index (Phi) is 16.1. The average molecular weight is 495 g/mol. The molecule has 0 atom stereocenters. The van der Waals surface area contributed by atoms with Crippen LogP contribution in [0.1, 0.15) is 43.9 Å². The molecule has 0 saturated carbocycles. The molecule has 0 amide bonds. The van der Waals surface area contributed by atoms with Gasteiger partial charge in [0.2, 0.25) is 0 Å². The van der Waals surface area contributed by atoms with Gasteiger partial charge in [-0.3, -0.25) is 0 Å². The minimum Gasteiger partial charge on any atom is -0.485 e. The van der Waals surface area contributed by atoms with E-state index in [1.807, 2.05) is 69.6 Å². The Morgan fingerprint density at radius 1 is 0.944 bits per heavy atom. The summed E-state index contributed by atoms with van der Waals surface area (Å²) >= 11 is 0. The van der Waals surface area contributed by atoms with Gasteiger partial charge in [0.25, 0.3) is 0 Å². The first-order chi connectivity index (χ1) is 17.5. The van der Waals surface area contributed by atoms with Crippen LogP contribution in [0.4, 0.5) is 0 Å². The fraction of sp³-hybridized carbons (Fsp3) is 0.276. The van der Waals surface area contributed by atoms with Crippen molar-refractivity contribution in [3.05, 3.63) is 96.9 Å². The van der Waals surface area contributed by atoms with Crippen LogP contribution in [-0.2, 0) is 27.9 Å². The average Bonchev–Trinajstić information content (AvgIpc) is 3.27. The molecule has 0 aliphatic carbocycles. The monoisotopic (exact) mass is 494 g/mol. The van der Waals surface area contributed by atoms with Crippen LogP contribution in [0.15, 0.2) is 85.5 Å². The second kappa shape index (κ2) is 18.2. The number of rotatable bonds is 7. The first kappa shape index (κ1) is 31.9. The fourth-order valence-electron chi connectivity index (χ4n) is 2.80. The summed E-state index contributed by atoms with van der Waals surface area (Å²) in [6, 6.07) is 14.9. The molecular formula is C29H38N2O5. The second-order valence-electron chi connectivity index (χ2n) is 6.41. The van der Waals surface area contributed by atoms with Crippen molar-refractivity contribution < 1.29 is 23.8 Å². The molecule has 1 heterocycles. The number of nitrogens with zero attached hydrogens (tertiary/aromatic N) is 2. The summed E-state index contributed by atoms with van der Waals surface area (Å²) in [5, 5.41) is 0. The Bertz CT molecular complexity index is 1150. The summed E-state index contributed by atoms with van der Waals surface area (Å²) in [5.41, 5.74) is 2.79. The molecule has 0 fully saturated rings. The van der Waals surface area contributed by atoms with Gasteiger partial charge in [-0.1, -0.05) is 77.3 Å². The molecule has 0 unspecified atom stereocenters. The van der Waals surface area contributed by atoms with E-state index >= 15 is 0 Å². The van der Waals surface area contributed by atoms with Gasteiger partial charge in [-0.15, -0.1) is 0 Å². The lowest BCUT2D eigenvalue weighted by Gasteiger charge is -2.10. The lowest BCUT2D eigenvalue weighted by molar-refractivity contribution is -0.135. The van der Waals surface area contributed by atoms with Crippen LogP contribution in [0.3, 0.4) is 0 Å². The molecule has 0 radical (unpaired) electrons. The van der Waals surface area contributed by atoms with E-state index in [0.29, 0.717) is 16.9 Å². The highest BCUT2D eigenvalue weighted by Crippen LogP contribution is 2.21. The molecule has 0 spiro atoms. The molecule has 194 valence electrons. The summed E-state index contributed by atoms with van der Waals surface area (Å²) < 4.78 is 16.9. The van der Waals surface area contributed by atoms with Crippen molar-refractivity contribution >= 4 is 23.0 Å². The number of esters is 2. The molecule has 1 aromatic heterocycles. The predicted molar refractivity (Wildman–Crippen MR) is 146 cm³/mol. The van der Waals surface area contributed by atoms with Crippen molar-refractivity contribution in [2.45, 2.75) is 34.3 Å². The Morgan fingerprint density at radius 3 is 2.11 bits per heavy atom. The maximum atomic E-state index is 11.7. The third kappa shape index (κ3) is 9.25. The Hall–Kier alpha value is -4.13. The van der Waals surface area contributed by atoms with Gasteiger partial charge in [0.1, 0.15) is 23.7 Å². The van der Waals surface area contributed by atoms with Gasteiger partial charge in [0.15, 0.2) is 0 Å². The van der Waals surface area contributed by atoms with Crippen LogP contribution in [-0.4, -0.2) is 35.7 Å². The molecule has 0 bridgehead atoms. The highest BCUT2D eigenvalue weighted by molar-refractivity contribution is 5.92. The Balaban J connectivity index is 0.000000742. The topological polar surface area (TPSA) is 79.7 Å². The molecule has 0 N–H and O–H groups in total. The largest absolute Gasteiger partial charge is 0.485 e. The Labute approximate surface area is 214 Å². The first-order valence-electron chi connectivity index (χ1n) is 11.7. The minimum absolute atomic E-state index is 0.277. The molecule has 7 nitrogen and oxygen atoms in total. The van der Waals surface area contributed by atoms with E-state index in [1.54, 1.807) is 24.3 Å². The molecule has 3 rings (SSSR count). The number of benzene rings is 2. The summed E-state index contributed by atoms with van der Waals surface area (Å²) in [7, 11) is 4.62. The Morgan fingerprint density at radius 2 is 1.56 bits per heavy atom. The number of allylic oxidation sites excluding steroid dienone is 2. The lowest BCUT2D eigenvalue weighted by atomic mass is 10.2. The van der Waals surface area contributed by atoms with Gasteiger partial charge >= 0.3 is 11.9 Å². The summed E-state index contributed by atoms with van der Waals surface area (Å²) in [6.07, 6.45) is 4.47. The predicted octanol–water partition coefficient (Wildman–Crippen LogP) is 6.45. The quantitative estimate of drug-likeness (QED) is 0.213. The van der Waals surface area contributed by atoms with Crippen molar-refractivity contribution in [1.82, 2.24) is 9.55 Å². The van der Waals surface area contributed by atoms with Crippen LogP contribution in [0, 0.1) is 0 Å². The van der Waals surface area contributed by atoms with Gasteiger partial charge in [-0.05, 0) is 30.3 Å². The van der Waals surface area contributed by atoms with Crippen LogP contribution < -0.4 is 4.74 Å². The van der Waals surface area contributed by atoms with Crippen LogP contribution >= 0.6 is 0 Å². The number of carbonyl (C=O) groups excluding carboxylic acids is 2. The lowest BCUT2D eigenvalue weighted by Crippen LogP contribution is -2.08. The smallest absolute Gasteiger partial charge is 0.341 e. The second-order valence-corrected chi connectivity index (χ2v) is 6.41. The number of aromatic nitrogens is 2. The number of fused-ring (bicyclic) bond motifs is 1.